The Morgan fingerprint density at radius 1 is 1.00 bits per heavy atom. The van der Waals surface area contributed by atoms with Gasteiger partial charge < -0.3 is 5.32 Å². The SMILES string of the molecule is C=CC(=O)CCNC(=O)c1ccc(C(C)ON(C(c2ccccc2)C(C)C)C(C)(C)C)cc1. The Labute approximate surface area is 198 Å². The first-order chi connectivity index (χ1) is 15.5. The molecule has 0 aliphatic heterocycles. The minimum atomic E-state index is -0.220. The van der Waals surface area contributed by atoms with Crippen molar-refractivity contribution in [3.63, 3.8) is 0 Å². The molecule has 0 saturated carbocycles. The second kappa shape index (κ2) is 11.9. The van der Waals surface area contributed by atoms with Crippen molar-refractivity contribution in [1.82, 2.24) is 10.4 Å². The van der Waals surface area contributed by atoms with Gasteiger partial charge in [-0.15, -0.1) is 0 Å². The summed E-state index contributed by atoms with van der Waals surface area (Å²) in [7, 11) is 0. The molecule has 0 aliphatic rings. The van der Waals surface area contributed by atoms with E-state index in [0.29, 0.717) is 18.0 Å². The van der Waals surface area contributed by atoms with Crippen LogP contribution in [0.4, 0.5) is 0 Å². The van der Waals surface area contributed by atoms with E-state index in [1.807, 2.05) is 25.1 Å². The second-order valence-electron chi connectivity index (χ2n) is 9.64. The average Bonchev–Trinajstić information content (AvgIpc) is 2.78. The Morgan fingerprint density at radius 3 is 2.12 bits per heavy atom. The molecule has 33 heavy (non-hydrogen) atoms. The summed E-state index contributed by atoms with van der Waals surface area (Å²) in [6, 6.07) is 18.0. The Morgan fingerprint density at radius 2 is 1.61 bits per heavy atom. The number of carbonyl (C=O) groups excluding carboxylic acids is 2. The number of benzene rings is 2. The fourth-order valence-corrected chi connectivity index (χ4v) is 3.72. The minimum absolute atomic E-state index is 0.0878. The van der Waals surface area contributed by atoms with Crippen molar-refractivity contribution in [2.75, 3.05) is 6.54 Å². The summed E-state index contributed by atoms with van der Waals surface area (Å²) < 4.78 is 0. The molecule has 178 valence electrons. The second-order valence-corrected chi connectivity index (χ2v) is 9.64. The molecule has 0 radical (unpaired) electrons. The maximum Gasteiger partial charge on any atom is 0.251 e. The number of amides is 1. The molecule has 0 heterocycles. The highest BCUT2D eigenvalue weighted by Crippen LogP contribution is 2.37. The maximum absolute atomic E-state index is 12.3. The molecular weight excluding hydrogens is 412 g/mol. The van der Waals surface area contributed by atoms with E-state index < -0.39 is 0 Å². The molecule has 0 bridgehead atoms. The van der Waals surface area contributed by atoms with Gasteiger partial charge in [-0.25, -0.2) is 0 Å². The van der Waals surface area contributed by atoms with Gasteiger partial charge in [-0.2, -0.15) is 5.06 Å². The van der Waals surface area contributed by atoms with E-state index in [0.717, 1.165) is 5.56 Å². The lowest BCUT2D eigenvalue weighted by atomic mass is 9.92. The first kappa shape index (κ1) is 26.5. The topological polar surface area (TPSA) is 58.6 Å². The van der Waals surface area contributed by atoms with Crippen LogP contribution in [0.15, 0.2) is 67.3 Å². The van der Waals surface area contributed by atoms with Gasteiger partial charge in [0.25, 0.3) is 5.91 Å². The van der Waals surface area contributed by atoms with E-state index in [-0.39, 0.29) is 35.8 Å². The van der Waals surface area contributed by atoms with Gasteiger partial charge in [-0.05, 0) is 62.9 Å². The van der Waals surface area contributed by atoms with Crippen LogP contribution in [0.3, 0.4) is 0 Å². The first-order valence-corrected chi connectivity index (χ1v) is 11.6. The van der Waals surface area contributed by atoms with Crippen molar-refractivity contribution >= 4 is 11.7 Å². The molecule has 2 atom stereocenters. The molecule has 2 aromatic rings. The van der Waals surface area contributed by atoms with Crippen LogP contribution in [-0.4, -0.2) is 28.8 Å². The van der Waals surface area contributed by atoms with Crippen molar-refractivity contribution in [1.29, 1.82) is 0 Å². The lowest BCUT2D eigenvalue weighted by molar-refractivity contribution is -0.272. The number of hydrogen-bond donors (Lipinski definition) is 1. The van der Waals surface area contributed by atoms with E-state index >= 15 is 0 Å². The molecular formula is C28H38N2O3. The summed E-state index contributed by atoms with van der Waals surface area (Å²) in [4.78, 5) is 30.2. The van der Waals surface area contributed by atoms with Gasteiger partial charge in [-0.1, -0.05) is 62.9 Å². The molecule has 1 amide bonds. The lowest BCUT2D eigenvalue weighted by Crippen LogP contribution is -2.46. The Kier molecular flexibility index (Phi) is 9.56. The highest BCUT2D eigenvalue weighted by atomic mass is 16.7. The van der Waals surface area contributed by atoms with Crippen molar-refractivity contribution < 1.29 is 14.4 Å². The van der Waals surface area contributed by atoms with Crippen LogP contribution in [0.5, 0.6) is 0 Å². The monoisotopic (exact) mass is 450 g/mol. The smallest absolute Gasteiger partial charge is 0.251 e. The van der Waals surface area contributed by atoms with Gasteiger partial charge in [0, 0.05) is 24.1 Å². The zero-order chi connectivity index (χ0) is 24.6. The van der Waals surface area contributed by atoms with Gasteiger partial charge in [0.15, 0.2) is 5.78 Å². The van der Waals surface area contributed by atoms with Crippen molar-refractivity contribution in [2.45, 2.75) is 65.6 Å². The third-order valence-corrected chi connectivity index (χ3v) is 5.48. The largest absolute Gasteiger partial charge is 0.352 e. The highest BCUT2D eigenvalue weighted by Gasteiger charge is 2.34. The number of hydrogen-bond acceptors (Lipinski definition) is 4. The van der Waals surface area contributed by atoms with Crippen LogP contribution in [-0.2, 0) is 9.63 Å². The van der Waals surface area contributed by atoms with Crippen molar-refractivity contribution in [3.05, 3.63) is 83.9 Å². The molecule has 0 aliphatic carbocycles. The Balaban J connectivity index is 2.14. The summed E-state index contributed by atoms with van der Waals surface area (Å²) in [6.07, 6.45) is 1.32. The Hall–Kier alpha value is -2.76. The predicted molar refractivity (Wildman–Crippen MR) is 134 cm³/mol. The van der Waals surface area contributed by atoms with Crippen LogP contribution in [0.2, 0.25) is 0 Å². The molecule has 2 rings (SSSR count). The number of nitrogens with zero attached hydrogens (tertiary/aromatic N) is 1. The van der Waals surface area contributed by atoms with Gasteiger partial charge in [0.1, 0.15) is 6.10 Å². The maximum atomic E-state index is 12.3. The first-order valence-electron chi connectivity index (χ1n) is 11.6. The van der Waals surface area contributed by atoms with Gasteiger partial charge in [0.05, 0.1) is 6.04 Å². The molecule has 0 fully saturated rings. The molecule has 1 N–H and O–H groups in total. The fraction of sp³-hybridized carbons (Fsp3) is 0.429. The number of carbonyl (C=O) groups is 2. The zero-order valence-electron chi connectivity index (χ0n) is 20.8. The number of nitrogens with one attached hydrogen (secondary N) is 1. The molecule has 2 aromatic carbocycles. The van der Waals surface area contributed by atoms with Gasteiger partial charge in [0.2, 0.25) is 0 Å². The number of rotatable bonds is 11. The standard InChI is InChI=1S/C28H38N2O3/c1-8-25(31)18-19-29-27(32)24-16-14-22(15-17-24)21(4)33-30(28(5,6)7)26(20(2)3)23-12-10-9-11-13-23/h8-17,20-21,26H,1,18-19H2,2-7H3,(H,29,32). The minimum Gasteiger partial charge on any atom is -0.352 e. The zero-order valence-corrected chi connectivity index (χ0v) is 20.8. The summed E-state index contributed by atoms with van der Waals surface area (Å²) in [6.45, 7) is 16.6. The number of allylic oxidation sites excluding steroid dienone is 1. The van der Waals surface area contributed by atoms with Crippen LogP contribution >= 0.6 is 0 Å². The molecule has 0 spiro atoms. The Bertz CT molecular complexity index is 914. The molecule has 0 saturated heterocycles. The van der Waals surface area contributed by atoms with Crippen molar-refractivity contribution in [3.8, 4) is 0 Å². The van der Waals surface area contributed by atoms with Crippen LogP contribution in [0.25, 0.3) is 0 Å². The molecule has 2 unspecified atom stereocenters. The quantitative estimate of drug-likeness (QED) is 0.334. The number of ketones is 1. The van der Waals surface area contributed by atoms with Crippen molar-refractivity contribution in [2.24, 2.45) is 5.92 Å². The third kappa shape index (κ3) is 7.65. The van der Waals surface area contributed by atoms with Gasteiger partial charge >= 0.3 is 0 Å². The molecule has 5 nitrogen and oxygen atoms in total. The summed E-state index contributed by atoms with van der Waals surface area (Å²) in [5.41, 5.74) is 2.53. The normalized spacial score (nSPS) is 13.6. The molecule has 5 heteroatoms. The lowest BCUT2D eigenvalue weighted by Gasteiger charge is -2.44. The highest BCUT2D eigenvalue weighted by molar-refractivity contribution is 5.95. The van der Waals surface area contributed by atoms with Crippen LogP contribution in [0.1, 0.15) is 81.6 Å². The van der Waals surface area contributed by atoms with Crippen LogP contribution < -0.4 is 5.32 Å². The average molecular weight is 451 g/mol. The summed E-state index contributed by atoms with van der Waals surface area (Å²) in [5, 5.41) is 4.87. The van der Waals surface area contributed by atoms with E-state index in [1.165, 1.54) is 11.6 Å². The van der Waals surface area contributed by atoms with Gasteiger partial charge in [-0.3, -0.25) is 14.4 Å². The molecule has 0 aromatic heterocycles. The number of hydroxylamine groups is 2. The third-order valence-electron chi connectivity index (χ3n) is 5.48. The fourth-order valence-electron chi connectivity index (χ4n) is 3.72. The van der Waals surface area contributed by atoms with Crippen LogP contribution in [0, 0.1) is 5.92 Å². The van der Waals surface area contributed by atoms with E-state index in [9.17, 15) is 9.59 Å². The predicted octanol–water partition coefficient (Wildman–Crippen LogP) is 6.05. The van der Waals surface area contributed by atoms with E-state index in [2.05, 4.69) is 75.8 Å². The summed E-state index contributed by atoms with van der Waals surface area (Å²) in [5.74, 6) is 0.0559. The van der Waals surface area contributed by atoms with E-state index in [4.69, 9.17) is 4.84 Å². The summed E-state index contributed by atoms with van der Waals surface area (Å²) >= 11 is 0. The van der Waals surface area contributed by atoms with E-state index in [1.54, 1.807) is 12.1 Å².